The summed E-state index contributed by atoms with van der Waals surface area (Å²) in [6, 6.07) is 17.7. The molecule has 1 fully saturated rings. The maximum Gasteiger partial charge on any atom is 0.236 e. The van der Waals surface area contributed by atoms with Crippen molar-refractivity contribution >= 4 is 11.7 Å². The molecule has 28 heavy (non-hydrogen) atoms. The lowest BCUT2D eigenvalue weighted by molar-refractivity contribution is -0.130. The number of nitrogens with zero attached hydrogens (tertiary/aromatic N) is 4. The van der Waals surface area contributed by atoms with E-state index in [1.165, 1.54) is 0 Å². The smallest absolute Gasteiger partial charge is 0.236 e. The van der Waals surface area contributed by atoms with Crippen molar-refractivity contribution in [1.82, 2.24) is 20.4 Å². The molecule has 7 heteroatoms. The fourth-order valence-corrected chi connectivity index (χ4v) is 3.26. The molecule has 3 aromatic rings. The highest BCUT2D eigenvalue weighted by atomic mass is 16.3. The van der Waals surface area contributed by atoms with Gasteiger partial charge in [-0.05, 0) is 24.3 Å². The first-order valence-electron chi connectivity index (χ1n) is 9.44. The van der Waals surface area contributed by atoms with Gasteiger partial charge in [0.2, 0.25) is 5.91 Å². The number of hydrogen-bond donors (Lipinski definition) is 1. The van der Waals surface area contributed by atoms with Crippen LogP contribution in [0.2, 0.25) is 0 Å². The predicted molar refractivity (Wildman–Crippen MR) is 107 cm³/mol. The van der Waals surface area contributed by atoms with Crippen LogP contribution in [0.3, 0.4) is 0 Å². The van der Waals surface area contributed by atoms with Crippen molar-refractivity contribution in [3.8, 4) is 11.3 Å². The molecule has 0 unspecified atom stereocenters. The lowest BCUT2D eigenvalue weighted by atomic mass is 10.1. The predicted octanol–water partition coefficient (Wildman–Crippen LogP) is 2.17. The Kier molecular flexibility index (Phi) is 5.63. The summed E-state index contributed by atoms with van der Waals surface area (Å²) in [7, 11) is 0. The summed E-state index contributed by atoms with van der Waals surface area (Å²) in [6.07, 6.45) is 1.63. The second-order valence-corrected chi connectivity index (χ2v) is 6.69. The van der Waals surface area contributed by atoms with Gasteiger partial charge in [-0.3, -0.25) is 4.79 Å². The van der Waals surface area contributed by atoms with Crippen LogP contribution in [0.4, 0.5) is 5.82 Å². The zero-order valence-electron chi connectivity index (χ0n) is 15.6. The first-order valence-corrected chi connectivity index (χ1v) is 9.44. The second kappa shape index (κ2) is 8.67. The molecule has 0 saturated carbocycles. The molecule has 0 radical (unpaired) electrons. The Morgan fingerprint density at radius 1 is 0.964 bits per heavy atom. The Morgan fingerprint density at radius 3 is 2.46 bits per heavy atom. The van der Waals surface area contributed by atoms with Crippen molar-refractivity contribution in [3.05, 3.63) is 66.6 Å². The van der Waals surface area contributed by atoms with Crippen molar-refractivity contribution < 1.29 is 9.21 Å². The first-order chi connectivity index (χ1) is 13.8. The number of rotatable bonds is 6. The van der Waals surface area contributed by atoms with Gasteiger partial charge in [0.25, 0.3) is 0 Å². The zero-order chi connectivity index (χ0) is 19.2. The fourth-order valence-electron chi connectivity index (χ4n) is 3.26. The number of amides is 1. The highest BCUT2D eigenvalue weighted by Gasteiger charge is 2.21. The maximum absolute atomic E-state index is 12.4. The van der Waals surface area contributed by atoms with E-state index in [9.17, 15) is 4.79 Å². The largest absolute Gasteiger partial charge is 0.468 e. The van der Waals surface area contributed by atoms with Crippen molar-refractivity contribution in [1.29, 1.82) is 0 Å². The van der Waals surface area contributed by atoms with Crippen LogP contribution in [0.1, 0.15) is 5.76 Å². The Hall–Kier alpha value is -3.19. The monoisotopic (exact) mass is 377 g/mol. The van der Waals surface area contributed by atoms with E-state index in [0.717, 1.165) is 35.9 Å². The van der Waals surface area contributed by atoms with E-state index in [1.807, 2.05) is 59.5 Å². The minimum Gasteiger partial charge on any atom is -0.468 e. The summed E-state index contributed by atoms with van der Waals surface area (Å²) in [4.78, 5) is 16.4. The van der Waals surface area contributed by atoms with Crippen molar-refractivity contribution in [2.24, 2.45) is 0 Å². The fraction of sp³-hybridized carbons (Fsp3) is 0.286. The minimum atomic E-state index is 0.108. The molecule has 2 aromatic heterocycles. The number of aromatic nitrogens is 2. The van der Waals surface area contributed by atoms with Gasteiger partial charge in [0, 0.05) is 31.7 Å². The highest BCUT2D eigenvalue weighted by Crippen LogP contribution is 2.19. The molecule has 1 aliphatic rings. The van der Waals surface area contributed by atoms with Crippen molar-refractivity contribution in [3.63, 3.8) is 0 Å². The number of benzene rings is 1. The molecule has 1 saturated heterocycles. The number of carbonyl (C=O) groups excluding carboxylic acids is 1. The van der Waals surface area contributed by atoms with Crippen molar-refractivity contribution in [2.75, 3.05) is 37.6 Å². The summed E-state index contributed by atoms with van der Waals surface area (Å²) >= 11 is 0. The molecule has 1 aromatic carbocycles. The van der Waals surface area contributed by atoms with E-state index in [0.29, 0.717) is 26.2 Å². The second-order valence-electron chi connectivity index (χ2n) is 6.69. The minimum absolute atomic E-state index is 0.108. The number of furan rings is 1. The van der Waals surface area contributed by atoms with Gasteiger partial charge >= 0.3 is 0 Å². The van der Waals surface area contributed by atoms with E-state index in [4.69, 9.17) is 4.42 Å². The van der Waals surface area contributed by atoms with Gasteiger partial charge in [-0.1, -0.05) is 30.3 Å². The van der Waals surface area contributed by atoms with Crippen LogP contribution in [0.5, 0.6) is 0 Å². The van der Waals surface area contributed by atoms with Crippen LogP contribution >= 0.6 is 0 Å². The molecule has 7 nitrogen and oxygen atoms in total. The Bertz CT molecular complexity index is 873. The Labute approximate surface area is 164 Å². The van der Waals surface area contributed by atoms with Crippen LogP contribution in [0.25, 0.3) is 11.3 Å². The van der Waals surface area contributed by atoms with Crippen LogP contribution in [-0.2, 0) is 11.3 Å². The quantitative estimate of drug-likeness (QED) is 0.710. The van der Waals surface area contributed by atoms with Gasteiger partial charge in [0.1, 0.15) is 5.76 Å². The van der Waals surface area contributed by atoms with E-state index in [2.05, 4.69) is 20.4 Å². The molecule has 3 heterocycles. The standard InChI is InChI=1S/C21H23N5O2/c27-21(16-22-15-18-7-4-14-28-18)26-12-10-25(11-13-26)20-9-8-19(23-24-20)17-5-2-1-3-6-17/h1-9,14,22H,10-13,15-16H2. The summed E-state index contributed by atoms with van der Waals surface area (Å²) in [5.41, 5.74) is 1.92. The lowest BCUT2D eigenvalue weighted by Crippen LogP contribution is -2.51. The van der Waals surface area contributed by atoms with Crippen LogP contribution in [0, 0.1) is 0 Å². The molecular weight excluding hydrogens is 354 g/mol. The van der Waals surface area contributed by atoms with Crippen LogP contribution in [0.15, 0.2) is 65.3 Å². The van der Waals surface area contributed by atoms with Crippen LogP contribution in [-0.4, -0.2) is 53.7 Å². The van der Waals surface area contributed by atoms with Gasteiger partial charge in [-0.2, -0.15) is 0 Å². The normalized spacial score (nSPS) is 14.3. The van der Waals surface area contributed by atoms with Gasteiger partial charge < -0.3 is 19.5 Å². The van der Waals surface area contributed by atoms with E-state index < -0.39 is 0 Å². The molecule has 0 aliphatic carbocycles. The Balaban J connectivity index is 1.26. The molecule has 1 N–H and O–H groups in total. The highest BCUT2D eigenvalue weighted by molar-refractivity contribution is 5.78. The molecule has 0 spiro atoms. The number of carbonyl (C=O) groups is 1. The molecule has 0 atom stereocenters. The number of nitrogens with one attached hydrogen (secondary N) is 1. The van der Waals surface area contributed by atoms with E-state index in [1.54, 1.807) is 6.26 Å². The topological polar surface area (TPSA) is 74.5 Å². The lowest BCUT2D eigenvalue weighted by Gasteiger charge is -2.35. The van der Waals surface area contributed by atoms with Gasteiger partial charge in [0.05, 0.1) is 25.0 Å². The van der Waals surface area contributed by atoms with Gasteiger partial charge in [0.15, 0.2) is 5.82 Å². The summed E-state index contributed by atoms with van der Waals surface area (Å²) < 4.78 is 5.25. The summed E-state index contributed by atoms with van der Waals surface area (Å²) in [6.45, 7) is 3.74. The number of hydrogen-bond acceptors (Lipinski definition) is 6. The first kappa shape index (κ1) is 18.2. The van der Waals surface area contributed by atoms with Gasteiger partial charge in [-0.15, -0.1) is 10.2 Å². The Morgan fingerprint density at radius 2 is 1.79 bits per heavy atom. The third-order valence-corrected chi connectivity index (χ3v) is 4.83. The molecule has 1 aliphatic heterocycles. The summed E-state index contributed by atoms with van der Waals surface area (Å²) in [5, 5.41) is 11.9. The molecule has 1 amide bonds. The van der Waals surface area contributed by atoms with Crippen LogP contribution < -0.4 is 10.2 Å². The number of piperazine rings is 1. The van der Waals surface area contributed by atoms with Crippen molar-refractivity contribution in [2.45, 2.75) is 6.54 Å². The average molecular weight is 377 g/mol. The van der Waals surface area contributed by atoms with E-state index in [-0.39, 0.29) is 5.91 Å². The maximum atomic E-state index is 12.4. The third kappa shape index (κ3) is 4.37. The molecule has 144 valence electrons. The molecule has 0 bridgehead atoms. The SMILES string of the molecule is O=C(CNCc1ccco1)N1CCN(c2ccc(-c3ccccc3)nn2)CC1. The number of anilines is 1. The zero-order valence-corrected chi connectivity index (χ0v) is 15.6. The average Bonchev–Trinajstić information content (AvgIpc) is 3.28. The molecule has 4 rings (SSSR count). The third-order valence-electron chi connectivity index (χ3n) is 4.83. The van der Waals surface area contributed by atoms with E-state index >= 15 is 0 Å². The molecular formula is C21H23N5O2. The summed E-state index contributed by atoms with van der Waals surface area (Å²) in [5.74, 6) is 1.79. The van der Waals surface area contributed by atoms with Gasteiger partial charge in [-0.25, -0.2) is 0 Å².